The number of rotatable bonds is 1. The van der Waals surface area contributed by atoms with Gasteiger partial charge in [0.15, 0.2) is 0 Å². The first-order valence-corrected chi connectivity index (χ1v) is 5.25. The van der Waals surface area contributed by atoms with Crippen LogP contribution in [0.25, 0.3) is 0 Å². The van der Waals surface area contributed by atoms with E-state index in [-0.39, 0.29) is 0 Å². The molecule has 3 N–H and O–H groups in total. The van der Waals surface area contributed by atoms with E-state index in [1.165, 1.54) is 0 Å². The predicted molar refractivity (Wildman–Crippen MR) is 58.0 cm³/mol. The number of pyridine rings is 1. The summed E-state index contributed by atoms with van der Waals surface area (Å²) in [4.78, 5) is 6.22. The van der Waals surface area contributed by atoms with Crippen LogP contribution in [0, 0.1) is 0 Å². The number of hydrogen-bond donors (Lipinski definition) is 2. The Morgan fingerprint density at radius 2 is 2.40 bits per heavy atom. The normalized spacial score (nSPS) is 32.9. The van der Waals surface area contributed by atoms with Crippen LogP contribution < -0.4 is 5.73 Å². The van der Waals surface area contributed by atoms with Crippen LogP contribution in [0.2, 0.25) is 0 Å². The summed E-state index contributed by atoms with van der Waals surface area (Å²) in [6, 6.07) is 5.61. The number of aliphatic hydroxyl groups excluding tert-OH is 1. The van der Waals surface area contributed by atoms with Gasteiger partial charge < -0.3 is 10.8 Å². The highest BCUT2D eigenvalue weighted by Crippen LogP contribution is 2.30. The van der Waals surface area contributed by atoms with Crippen molar-refractivity contribution >= 4 is 0 Å². The first-order chi connectivity index (χ1) is 7.15. The van der Waals surface area contributed by atoms with Gasteiger partial charge in [0, 0.05) is 12.7 Å². The van der Waals surface area contributed by atoms with Crippen molar-refractivity contribution in [3.8, 4) is 0 Å². The van der Waals surface area contributed by atoms with Crippen molar-refractivity contribution in [3.05, 3.63) is 30.1 Å². The zero-order valence-electron chi connectivity index (χ0n) is 8.93. The maximum Gasteiger partial charge on any atom is 0.139 e. The molecule has 2 rings (SSSR count). The largest absolute Gasteiger partial charge is 0.389 e. The predicted octanol–water partition coefficient (Wildman–Crippen LogP) is 0.280. The molecule has 1 aliphatic heterocycles. The Kier molecular flexibility index (Phi) is 2.73. The molecule has 0 spiro atoms. The molecule has 15 heavy (non-hydrogen) atoms. The summed E-state index contributed by atoms with van der Waals surface area (Å²) in [5, 5.41) is 10.0. The van der Waals surface area contributed by atoms with E-state index in [0.29, 0.717) is 0 Å². The second kappa shape index (κ2) is 3.89. The van der Waals surface area contributed by atoms with Gasteiger partial charge in [0.05, 0.1) is 11.8 Å². The van der Waals surface area contributed by atoms with Crippen molar-refractivity contribution in [2.45, 2.75) is 24.6 Å². The van der Waals surface area contributed by atoms with E-state index in [9.17, 15) is 5.11 Å². The number of nitrogens with two attached hydrogens (primary N) is 1. The molecule has 1 aromatic rings. The van der Waals surface area contributed by atoms with E-state index in [0.717, 1.165) is 25.1 Å². The average molecular weight is 207 g/mol. The van der Waals surface area contributed by atoms with E-state index < -0.39 is 11.8 Å². The van der Waals surface area contributed by atoms with Crippen LogP contribution in [0.3, 0.4) is 0 Å². The molecule has 0 radical (unpaired) electrons. The maximum absolute atomic E-state index is 10.0. The molecular formula is C11H17N3O. The third-order valence-electron chi connectivity index (χ3n) is 3.19. The molecule has 1 aromatic heterocycles. The summed E-state index contributed by atoms with van der Waals surface area (Å²) in [6.45, 7) is 0.893. The van der Waals surface area contributed by atoms with Crippen LogP contribution >= 0.6 is 0 Å². The fourth-order valence-electron chi connectivity index (χ4n) is 2.15. The SMILES string of the molecule is CN1CCCC(O)C1(N)c1ccccn1. The van der Waals surface area contributed by atoms with E-state index >= 15 is 0 Å². The van der Waals surface area contributed by atoms with Gasteiger partial charge in [-0.2, -0.15) is 0 Å². The molecule has 82 valence electrons. The van der Waals surface area contributed by atoms with Gasteiger partial charge >= 0.3 is 0 Å². The monoisotopic (exact) mass is 207 g/mol. The summed E-state index contributed by atoms with van der Waals surface area (Å²) < 4.78 is 0. The van der Waals surface area contributed by atoms with Gasteiger partial charge in [0.2, 0.25) is 0 Å². The minimum absolute atomic E-state index is 0.550. The van der Waals surface area contributed by atoms with Gasteiger partial charge in [0.25, 0.3) is 0 Å². The summed E-state index contributed by atoms with van der Waals surface area (Å²) in [6.07, 6.45) is 2.87. The van der Waals surface area contributed by atoms with Crippen molar-refractivity contribution in [1.82, 2.24) is 9.88 Å². The Labute approximate surface area is 89.7 Å². The molecule has 1 fully saturated rings. The number of aromatic nitrogens is 1. The number of piperidine rings is 1. The first kappa shape index (κ1) is 10.5. The lowest BCUT2D eigenvalue weighted by molar-refractivity contribution is -0.0557. The highest BCUT2D eigenvalue weighted by molar-refractivity contribution is 5.17. The molecule has 0 amide bonds. The van der Waals surface area contributed by atoms with Crippen molar-refractivity contribution in [3.63, 3.8) is 0 Å². The lowest BCUT2D eigenvalue weighted by atomic mass is 9.90. The van der Waals surface area contributed by atoms with E-state index in [4.69, 9.17) is 5.73 Å². The van der Waals surface area contributed by atoms with Crippen LogP contribution in [-0.2, 0) is 5.66 Å². The fraction of sp³-hybridized carbons (Fsp3) is 0.545. The molecule has 4 nitrogen and oxygen atoms in total. The van der Waals surface area contributed by atoms with E-state index in [1.54, 1.807) is 6.20 Å². The first-order valence-electron chi connectivity index (χ1n) is 5.25. The van der Waals surface area contributed by atoms with Gasteiger partial charge in [-0.15, -0.1) is 0 Å². The molecule has 1 saturated heterocycles. The van der Waals surface area contributed by atoms with Gasteiger partial charge in [-0.25, -0.2) is 0 Å². The molecule has 0 saturated carbocycles. The van der Waals surface area contributed by atoms with Crippen LogP contribution in [0.15, 0.2) is 24.4 Å². The summed E-state index contributed by atoms with van der Waals surface area (Å²) in [5.74, 6) is 0. The average Bonchev–Trinajstić information content (AvgIpc) is 2.27. The number of aliphatic hydroxyl groups is 1. The fourth-order valence-corrected chi connectivity index (χ4v) is 2.15. The quantitative estimate of drug-likeness (QED) is 0.694. The van der Waals surface area contributed by atoms with Crippen LogP contribution in [0.5, 0.6) is 0 Å². The molecular weight excluding hydrogens is 190 g/mol. The number of hydrogen-bond acceptors (Lipinski definition) is 4. The molecule has 0 aliphatic carbocycles. The van der Waals surface area contributed by atoms with Gasteiger partial charge in [-0.05, 0) is 32.0 Å². The van der Waals surface area contributed by atoms with Gasteiger partial charge in [0.1, 0.15) is 5.66 Å². The van der Waals surface area contributed by atoms with Crippen molar-refractivity contribution in [2.24, 2.45) is 5.73 Å². The number of likely N-dealkylation sites (N-methyl/N-ethyl adjacent to an activating group) is 1. The van der Waals surface area contributed by atoms with Gasteiger partial charge in [-0.1, -0.05) is 6.07 Å². The minimum atomic E-state index is -0.834. The van der Waals surface area contributed by atoms with Crippen molar-refractivity contribution in [2.75, 3.05) is 13.6 Å². The third-order valence-corrected chi connectivity index (χ3v) is 3.19. The molecule has 0 aromatic carbocycles. The minimum Gasteiger partial charge on any atom is -0.389 e. The lowest BCUT2D eigenvalue weighted by Gasteiger charge is -2.45. The Bertz CT molecular complexity index is 318. The van der Waals surface area contributed by atoms with Crippen LogP contribution in [-0.4, -0.2) is 34.7 Å². The second-order valence-electron chi connectivity index (χ2n) is 4.12. The van der Waals surface area contributed by atoms with E-state index in [1.807, 2.05) is 30.1 Å². The maximum atomic E-state index is 10.0. The highest BCUT2D eigenvalue weighted by atomic mass is 16.3. The van der Waals surface area contributed by atoms with Crippen LogP contribution in [0.4, 0.5) is 0 Å². The van der Waals surface area contributed by atoms with Crippen molar-refractivity contribution in [1.29, 1.82) is 0 Å². The van der Waals surface area contributed by atoms with Gasteiger partial charge in [-0.3, -0.25) is 9.88 Å². The van der Waals surface area contributed by atoms with E-state index in [2.05, 4.69) is 4.98 Å². The Hall–Kier alpha value is -0.970. The lowest BCUT2D eigenvalue weighted by Crippen LogP contribution is -2.62. The zero-order chi connectivity index (χ0) is 10.9. The second-order valence-corrected chi connectivity index (χ2v) is 4.12. The van der Waals surface area contributed by atoms with Crippen LogP contribution in [0.1, 0.15) is 18.5 Å². The molecule has 2 heterocycles. The Balaban J connectivity index is 2.38. The molecule has 0 bridgehead atoms. The molecule has 2 atom stereocenters. The smallest absolute Gasteiger partial charge is 0.139 e. The zero-order valence-corrected chi connectivity index (χ0v) is 8.93. The highest BCUT2D eigenvalue weighted by Gasteiger charge is 2.43. The molecule has 2 unspecified atom stereocenters. The number of nitrogens with zero attached hydrogens (tertiary/aromatic N) is 2. The third kappa shape index (κ3) is 1.65. The molecule has 1 aliphatic rings. The summed E-state index contributed by atoms with van der Waals surface area (Å²) in [5.41, 5.74) is 6.18. The summed E-state index contributed by atoms with van der Waals surface area (Å²) in [7, 11) is 1.93. The standard InChI is InChI=1S/C11H17N3O/c1-14-8-4-6-10(15)11(14,12)9-5-2-3-7-13-9/h2-3,5,7,10,15H,4,6,8,12H2,1H3. The number of likely N-dealkylation sites (tertiary alicyclic amines) is 1. The topological polar surface area (TPSA) is 62.4 Å². The Morgan fingerprint density at radius 3 is 3.00 bits per heavy atom. The Morgan fingerprint density at radius 1 is 1.60 bits per heavy atom. The van der Waals surface area contributed by atoms with Crippen molar-refractivity contribution < 1.29 is 5.11 Å². The molecule has 4 heteroatoms. The summed E-state index contributed by atoms with van der Waals surface area (Å²) >= 11 is 0.